The van der Waals surface area contributed by atoms with Crippen LogP contribution in [0.3, 0.4) is 0 Å². The number of aliphatic imine (C=N–C) groups is 1. The third-order valence-electron chi connectivity index (χ3n) is 3.18. The van der Waals surface area contributed by atoms with Gasteiger partial charge < -0.3 is 5.32 Å². The third kappa shape index (κ3) is 3.73. The normalized spacial score (nSPS) is 18.9. The van der Waals surface area contributed by atoms with Crippen molar-refractivity contribution in [1.82, 2.24) is 20.5 Å². The fraction of sp³-hybridized carbons (Fsp3) is 0.667. The first-order valence-electron chi connectivity index (χ1n) is 6.56. The number of rotatable bonds is 4. The molecule has 1 atom stereocenters. The maximum absolute atomic E-state index is 5.51. The molecule has 4 N–H and O–H groups in total. The molecule has 0 bridgehead atoms. The first kappa shape index (κ1) is 12.9. The van der Waals surface area contributed by atoms with Crippen molar-refractivity contribution in [2.24, 2.45) is 10.8 Å². The van der Waals surface area contributed by atoms with Gasteiger partial charge in [-0.3, -0.25) is 10.1 Å². The van der Waals surface area contributed by atoms with Crippen LogP contribution < -0.4 is 16.6 Å². The lowest BCUT2D eigenvalue weighted by Crippen LogP contribution is -2.47. The molecule has 6 heteroatoms. The van der Waals surface area contributed by atoms with Gasteiger partial charge in [-0.05, 0) is 25.8 Å². The predicted molar refractivity (Wildman–Crippen MR) is 71.8 cm³/mol. The van der Waals surface area contributed by atoms with Crippen LogP contribution in [0.25, 0.3) is 0 Å². The van der Waals surface area contributed by atoms with E-state index in [1.54, 1.807) is 6.20 Å². The molecule has 0 aromatic carbocycles. The van der Waals surface area contributed by atoms with Gasteiger partial charge in [-0.25, -0.2) is 10.8 Å². The summed E-state index contributed by atoms with van der Waals surface area (Å²) in [6.07, 6.45) is 8.60. The van der Waals surface area contributed by atoms with Crippen molar-refractivity contribution in [1.29, 1.82) is 0 Å². The molecule has 1 aromatic heterocycles. The smallest absolute Gasteiger partial charge is 0.206 e. The molecule has 0 saturated heterocycles. The Hall–Kier alpha value is -1.56. The Kier molecular flexibility index (Phi) is 4.58. The second kappa shape index (κ2) is 6.39. The average Bonchev–Trinajstić information content (AvgIpc) is 3.01. The van der Waals surface area contributed by atoms with Gasteiger partial charge in [0.05, 0.1) is 12.6 Å². The highest BCUT2D eigenvalue weighted by Crippen LogP contribution is 2.20. The summed E-state index contributed by atoms with van der Waals surface area (Å²) in [4.78, 5) is 4.60. The summed E-state index contributed by atoms with van der Waals surface area (Å²) < 4.78 is 1.89. The second-order valence-corrected chi connectivity index (χ2v) is 4.83. The van der Waals surface area contributed by atoms with E-state index in [4.69, 9.17) is 5.84 Å². The van der Waals surface area contributed by atoms with Gasteiger partial charge in [-0.15, -0.1) is 0 Å². The van der Waals surface area contributed by atoms with Crippen molar-refractivity contribution in [3.63, 3.8) is 0 Å². The van der Waals surface area contributed by atoms with E-state index < -0.39 is 0 Å². The third-order valence-corrected chi connectivity index (χ3v) is 3.18. The van der Waals surface area contributed by atoms with Crippen LogP contribution in [0, 0.1) is 0 Å². The van der Waals surface area contributed by atoms with Crippen molar-refractivity contribution in [3.05, 3.63) is 18.5 Å². The van der Waals surface area contributed by atoms with Gasteiger partial charge in [-0.1, -0.05) is 12.8 Å². The lowest BCUT2D eigenvalue weighted by molar-refractivity contribution is 0.498. The van der Waals surface area contributed by atoms with Gasteiger partial charge in [0, 0.05) is 18.4 Å². The summed E-state index contributed by atoms with van der Waals surface area (Å²) in [6.45, 7) is 2.88. The minimum atomic E-state index is 0.223. The van der Waals surface area contributed by atoms with E-state index in [1.807, 2.05) is 16.9 Å². The molecule has 0 spiro atoms. The van der Waals surface area contributed by atoms with E-state index in [9.17, 15) is 0 Å². The first-order chi connectivity index (χ1) is 8.78. The highest BCUT2D eigenvalue weighted by Gasteiger charge is 2.15. The lowest BCUT2D eigenvalue weighted by atomic mass is 10.3. The molecule has 1 unspecified atom stereocenters. The summed E-state index contributed by atoms with van der Waals surface area (Å²) in [7, 11) is 0. The Morgan fingerprint density at radius 3 is 2.94 bits per heavy atom. The number of nitrogens with one attached hydrogen (secondary N) is 2. The van der Waals surface area contributed by atoms with E-state index >= 15 is 0 Å². The van der Waals surface area contributed by atoms with Crippen molar-refractivity contribution in [2.75, 3.05) is 0 Å². The van der Waals surface area contributed by atoms with E-state index in [-0.39, 0.29) is 6.04 Å². The van der Waals surface area contributed by atoms with E-state index in [2.05, 4.69) is 27.8 Å². The predicted octanol–water partition coefficient (Wildman–Crippen LogP) is 0.623. The highest BCUT2D eigenvalue weighted by molar-refractivity contribution is 5.79. The molecule has 18 heavy (non-hydrogen) atoms. The molecule has 1 fully saturated rings. The minimum Gasteiger partial charge on any atom is -0.351 e. The quantitative estimate of drug-likeness (QED) is 0.317. The average molecular weight is 250 g/mol. The van der Waals surface area contributed by atoms with Gasteiger partial charge >= 0.3 is 0 Å². The van der Waals surface area contributed by atoms with Crippen molar-refractivity contribution < 1.29 is 0 Å². The topological polar surface area (TPSA) is 80.3 Å². The van der Waals surface area contributed by atoms with Crippen LogP contribution in [0.4, 0.5) is 0 Å². The Bertz CT molecular complexity index is 366. The maximum atomic E-state index is 5.51. The van der Waals surface area contributed by atoms with Crippen LogP contribution in [-0.4, -0.2) is 27.8 Å². The Morgan fingerprint density at radius 2 is 2.33 bits per heavy atom. The molecule has 1 aliphatic rings. The molecule has 0 amide bonds. The second-order valence-electron chi connectivity index (χ2n) is 4.83. The van der Waals surface area contributed by atoms with Crippen molar-refractivity contribution in [2.45, 2.75) is 51.2 Å². The fourth-order valence-corrected chi connectivity index (χ4v) is 2.30. The molecule has 6 nitrogen and oxygen atoms in total. The number of guanidine groups is 1. The zero-order chi connectivity index (χ0) is 12.8. The fourth-order valence-electron chi connectivity index (χ4n) is 2.30. The maximum Gasteiger partial charge on any atom is 0.206 e. The summed E-state index contributed by atoms with van der Waals surface area (Å²) in [5.41, 5.74) is 2.65. The van der Waals surface area contributed by atoms with Gasteiger partial charge in [0.25, 0.3) is 0 Å². The van der Waals surface area contributed by atoms with E-state index in [0.717, 1.165) is 6.54 Å². The van der Waals surface area contributed by atoms with Gasteiger partial charge in [0.2, 0.25) is 5.96 Å². The lowest BCUT2D eigenvalue weighted by Gasteiger charge is -2.17. The summed E-state index contributed by atoms with van der Waals surface area (Å²) in [5, 5.41) is 7.46. The van der Waals surface area contributed by atoms with Crippen LogP contribution in [0.15, 0.2) is 23.5 Å². The van der Waals surface area contributed by atoms with Gasteiger partial charge in [0.15, 0.2) is 0 Å². The van der Waals surface area contributed by atoms with Crippen LogP contribution in [-0.2, 0) is 6.54 Å². The van der Waals surface area contributed by atoms with Crippen LogP contribution in [0.5, 0.6) is 0 Å². The zero-order valence-electron chi connectivity index (χ0n) is 10.8. The van der Waals surface area contributed by atoms with Crippen LogP contribution in [0.2, 0.25) is 0 Å². The summed E-state index contributed by atoms with van der Waals surface area (Å²) in [6, 6.07) is 2.56. The van der Waals surface area contributed by atoms with Crippen molar-refractivity contribution in [3.8, 4) is 0 Å². The van der Waals surface area contributed by atoms with Crippen LogP contribution >= 0.6 is 0 Å². The molecule has 2 rings (SSSR count). The number of nitrogens with two attached hydrogens (primary N) is 1. The van der Waals surface area contributed by atoms with Gasteiger partial charge in [-0.2, -0.15) is 5.10 Å². The number of hydrogen-bond acceptors (Lipinski definition) is 3. The molecular formula is C12H22N6. The first-order valence-corrected chi connectivity index (χ1v) is 6.56. The highest BCUT2D eigenvalue weighted by atomic mass is 15.4. The molecule has 1 aliphatic carbocycles. The SMILES string of the molecule is CC(Cn1cccn1)NC(=NC1CCCC1)NN. The number of aromatic nitrogens is 2. The molecule has 1 saturated carbocycles. The zero-order valence-corrected chi connectivity index (χ0v) is 10.8. The molecular weight excluding hydrogens is 228 g/mol. The standard InChI is InChI=1S/C12H22N6/c1-10(9-18-8-4-7-14-18)15-12(17-13)16-11-5-2-3-6-11/h4,7-8,10-11H,2-3,5-6,9,13H2,1H3,(H2,15,16,17). The summed E-state index contributed by atoms with van der Waals surface area (Å²) in [5.74, 6) is 6.19. The Morgan fingerprint density at radius 1 is 1.56 bits per heavy atom. The van der Waals surface area contributed by atoms with Gasteiger partial charge in [0.1, 0.15) is 0 Å². The minimum absolute atomic E-state index is 0.223. The van der Waals surface area contributed by atoms with Crippen LogP contribution in [0.1, 0.15) is 32.6 Å². The van der Waals surface area contributed by atoms with Crippen molar-refractivity contribution >= 4 is 5.96 Å². The molecule has 1 heterocycles. The van der Waals surface area contributed by atoms with E-state index in [0.29, 0.717) is 12.0 Å². The number of hydrazine groups is 1. The number of nitrogens with zero attached hydrogens (tertiary/aromatic N) is 3. The molecule has 0 radical (unpaired) electrons. The number of hydrogen-bond donors (Lipinski definition) is 3. The molecule has 1 aromatic rings. The molecule has 0 aliphatic heterocycles. The Balaban J connectivity index is 1.85. The monoisotopic (exact) mass is 250 g/mol. The largest absolute Gasteiger partial charge is 0.351 e. The van der Waals surface area contributed by atoms with E-state index in [1.165, 1.54) is 25.7 Å². The Labute approximate surface area is 108 Å². The molecule has 100 valence electrons. The summed E-state index contributed by atoms with van der Waals surface area (Å²) >= 11 is 0.